The van der Waals surface area contributed by atoms with Crippen molar-refractivity contribution >= 4 is 17.4 Å². The van der Waals surface area contributed by atoms with Gasteiger partial charge in [-0.3, -0.25) is 9.69 Å². The molecule has 0 atom stereocenters. The van der Waals surface area contributed by atoms with Gasteiger partial charge in [-0.25, -0.2) is 4.39 Å². The van der Waals surface area contributed by atoms with Gasteiger partial charge in [0.15, 0.2) is 5.78 Å². The Kier molecular flexibility index (Phi) is 4.26. The molecule has 0 radical (unpaired) electrons. The first-order valence-electron chi connectivity index (χ1n) is 6.60. The zero-order valence-electron chi connectivity index (χ0n) is 11.4. The number of carbonyl (C=O) groups is 1. The number of ketones is 1. The van der Waals surface area contributed by atoms with Crippen LogP contribution < -0.4 is 0 Å². The largest absolute Gasteiger partial charge is 0.297 e. The van der Waals surface area contributed by atoms with E-state index in [2.05, 4.69) is 0 Å². The van der Waals surface area contributed by atoms with Crippen molar-refractivity contribution in [3.63, 3.8) is 0 Å². The van der Waals surface area contributed by atoms with Crippen LogP contribution in [0.1, 0.15) is 31.2 Å². The van der Waals surface area contributed by atoms with Gasteiger partial charge >= 0.3 is 0 Å². The molecule has 1 aromatic carbocycles. The minimum atomic E-state index is -0.411. The molecule has 0 unspecified atom stereocenters. The summed E-state index contributed by atoms with van der Waals surface area (Å²) < 4.78 is 13.8. The third kappa shape index (κ3) is 2.82. The minimum Gasteiger partial charge on any atom is -0.297 e. The van der Waals surface area contributed by atoms with Crippen LogP contribution in [0, 0.1) is 5.82 Å². The number of rotatable bonds is 4. The molecule has 0 aromatic heterocycles. The van der Waals surface area contributed by atoms with E-state index in [1.54, 1.807) is 12.1 Å². The standard InChI is InChI=1S/C15H19ClFNO/c1-18(2)15(7-3-4-8-15)14(19)9-11-5-6-12(16)10-13(11)17/h5-6,10H,3-4,7-9H2,1-2H3. The van der Waals surface area contributed by atoms with Crippen LogP contribution in [0.2, 0.25) is 5.02 Å². The number of benzene rings is 1. The molecule has 1 aliphatic carbocycles. The maximum absolute atomic E-state index is 13.8. The van der Waals surface area contributed by atoms with Crippen LogP contribution in [0.4, 0.5) is 4.39 Å². The highest BCUT2D eigenvalue weighted by Crippen LogP contribution is 2.35. The van der Waals surface area contributed by atoms with Gasteiger partial charge in [0.1, 0.15) is 5.82 Å². The molecular weight excluding hydrogens is 265 g/mol. The van der Waals surface area contributed by atoms with E-state index in [0.29, 0.717) is 10.6 Å². The number of halogens is 2. The fourth-order valence-corrected chi connectivity index (χ4v) is 3.10. The predicted molar refractivity (Wildman–Crippen MR) is 75.0 cm³/mol. The Morgan fingerprint density at radius 3 is 2.53 bits per heavy atom. The minimum absolute atomic E-state index is 0.108. The van der Waals surface area contributed by atoms with E-state index < -0.39 is 11.4 Å². The Morgan fingerprint density at radius 1 is 1.37 bits per heavy atom. The second-order valence-electron chi connectivity index (χ2n) is 5.47. The fourth-order valence-electron chi connectivity index (χ4n) is 2.94. The number of carbonyl (C=O) groups excluding carboxylic acids is 1. The Labute approximate surface area is 118 Å². The molecule has 1 saturated carbocycles. The van der Waals surface area contributed by atoms with E-state index in [4.69, 9.17) is 11.6 Å². The van der Waals surface area contributed by atoms with Gasteiger partial charge in [-0.15, -0.1) is 0 Å². The number of hydrogen-bond donors (Lipinski definition) is 0. The van der Waals surface area contributed by atoms with Gasteiger partial charge in [-0.05, 0) is 44.6 Å². The molecule has 0 aliphatic heterocycles. The molecule has 104 valence electrons. The van der Waals surface area contributed by atoms with Crippen LogP contribution in [-0.2, 0) is 11.2 Å². The molecule has 2 nitrogen and oxygen atoms in total. The summed E-state index contributed by atoms with van der Waals surface area (Å²) in [5.41, 5.74) is 0.0223. The fraction of sp³-hybridized carbons (Fsp3) is 0.533. The van der Waals surface area contributed by atoms with E-state index in [9.17, 15) is 9.18 Å². The molecule has 0 spiro atoms. The van der Waals surface area contributed by atoms with Crippen molar-refractivity contribution in [1.82, 2.24) is 4.90 Å². The Hall–Kier alpha value is -0.930. The van der Waals surface area contributed by atoms with Crippen molar-refractivity contribution in [2.45, 2.75) is 37.6 Å². The first kappa shape index (κ1) is 14.5. The monoisotopic (exact) mass is 283 g/mol. The average molecular weight is 284 g/mol. The van der Waals surface area contributed by atoms with Crippen LogP contribution >= 0.6 is 11.6 Å². The predicted octanol–water partition coefficient (Wildman–Crippen LogP) is 3.47. The molecule has 1 aliphatic rings. The topological polar surface area (TPSA) is 20.3 Å². The average Bonchev–Trinajstić information content (AvgIpc) is 2.83. The quantitative estimate of drug-likeness (QED) is 0.843. The summed E-state index contributed by atoms with van der Waals surface area (Å²) in [6, 6.07) is 4.50. The van der Waals surface area contributed by atoms with Crippen molar-refractivity contribution in [3.8, 4) is 0 Å². The van der Waals surface area contributed by atoms with Gasteiger partial charge < -0.3 is 0 Å². The van der Waals surface area contributed by atoms with Crippen molar-refractivity contribution < 1.29 is 9.18 Å². The highest BCUT2D eigenvalue weighted by molar-refractivity contribution is 6.30. The molecule has 1 fully saturated rings. The molecule has 2 rings (SSSR count). The van der Waals surface area contributed by atoms with Crippen LogP contribution in [0.5, 0.6) is 0 Å². The number of Topliss-reactive ketones (excluding diaryl/α,β-unsaturated/α-hetero) is 1. The van der Waals surface area contributed by atoms with Crippen LogP contribution in [0.25, 0.3) is 0 Å². The van der Waals surface area contributed by atoms with Gasteiger partial charge in [0.25, 0.3) is 0 Å². The maximum Gasteiger partial charge on any atom is 0.157 e. The zero-order valence-corrected chi connectivity index (χ0v) is 12.1. The summed E-state index contributed by atoms with van der Waals surface area (Å²) in [4.78, 5) is 14.6. The van der Waals surface area contributed by atoms with E-state index in [1.807, 2.05) is 19.0 Å². The summed E-state index contributed by atoms with van der Waals surface area (Å²) in [5.74, 6) is -0.288. The number of likely N-dealkylation sites (N-methyl/N-ethyl adjacent to an activating group) is 1. The molecular formula is C15H19ClFNO. The Balaban J connectivity index is 2.20. The normalized spacial score (nSPS) is 17.9. The zero-order chi connectivity index (χ0) is 14.0. The van der Waals surface area contributed by atoms with Crippen molar-refractivity contribution in [1.29, 1.82) is 0 Å². The number of nitrogens with zero attached hydrogens (tertiary/aromatic N) is 1. The lowest BCUT2D eigenvalue weighted by atomic mass is 9.87. The molecule has 0 amide bonds. The third-order valence-electron chi connectivity index (χ3n) is 4.17. The molecule has 19 heavy (non-hydrogen) atoms. The van der Waals surface area contributed by atoms with Gasteiger partial charge in [0.2, 0.25) is 0 Å². The first-order chi connectivity index (χ1) is 8.95. The summed E-state index contributed by atoms with van der Waals surface area (Å²) in [5, 5.41) is 0.358. The lowest BCUT2D eigenvalue weighted by Crippen LogP contribution is -2.49. The molecule has 4 heteroatoms. The first-order valence-corrected chi connectivity index (χ1v) is 6.98. The van der Waals surface area contributed by atoms with E-state index >= 15 is 0 Å². The molecule has 0 saturated heterocycles. The van der Waals surface area contributed by atoms with Crippen molar-refractivity contribution in [3.05, 3.63) is 34.6 Å². The summed E-state index contributed by atoms with van der Waals surface area (Å²) >= 11 is 5.73. The van der Waals surface area contributed by atoms with E-state index in [0.717, 1.165) is 25.7 Å². The van der Waals surface area contributed by atoms with E-state index in [-0.39, 0.29) is 12.2 Å². The van der Waals surface area contributed by atoms with Crippen LogP contribution in [0.15, 0.2) is 18.2 Å². The SMILES string of the molecule is CN(C)C1(C(=O)Cc2ccc(Cl)cc2F)CCCC1. The highest BCUT2D eigenvalue weighted by Gasteiger charge is 2.42. The molecule has 0 heterocycles. The van der Waals surface area contributed by atoms with Gasteiger partial charge in [-0.1, -0.05) is 30.5 Å². The summed E-state index contributed by atoms with van der Waals surface area (Å²) in [6.07, 6.45) is 4.00. The third-order valence-corrected chi connectivity index (χ3v) is 4.41. The van der Waals surface area contributed by atoms with Gasteiger partial charge in [0, 0.05) is 11.4 Å². The smallest absolute Gasteiger partial charge is 0.157 e. The molecule has 0 N–H and O–H groups in total. The summed E-state index contributed by atoms with van der Waals surface area (Å²) in [6.45, 7) is 0. The summed E-state index contributed by atoms with van der Waals surface area (Å²) in [7, 11) is 3.86. The lowest BCUT2D eigenvalue weighted by Gasteiger charge is -2.34. The van der Waals surface area contributed by atoms with Gasteiger partial charge in [-0.2, -0.15) is 0 Å². The van der Waals surface area contributed by atoms with Crippen molar-refractivity contribution in [2.24, 2.45) is 0 Å². The lowest BCUT2D eigenvalue weighted by molar-refractivity contribution is -0.128. The highest BCUT2D eigenvalue weighted by atomic mass is 35.5. The van der Waals surface area contributed by atoms with Crippen LogP contribution in [-0.4, -0.2) is 30.3 Å². The number of hydrogen-bond acceptors (Lipinski definition) is 2. The molecule has 1 aromatic rings. The van der Waals surface area contributed by atoms with E-state index in [1.165, 1.54) is 6.07 Å². The second-order valence-corrected chi connectivity index (χ2v) is 5.91. The van der Waals surface area contributed by atoms with Gasteiger partial charge in [0.05, 0.1) is 5.54 Å². The Morgan fingerprint density at radius 2 is 2.00 bits per heavy atom. The van der Waals surface area contributed by atoms with Crippen molar-refractivity contribution in [2.75, 3.05) is 14.1 Å². The second kappa shape index (κ2) is 5.59. The molecule has 0 bridgehead atoms. The Bertz CT molecular complexity index is 481. The van der Waals surface area contributed by atoms with Crippen LogP contribution in [0.3, 0.4) is 0 Å². The maximum atomic E-state index is 13.8.